The number of carbonyl (C=O) groups is 1. The van der Waals surface area contributed by atoms with E-state index in [1.54, 1.807) is 6.92 Å². The number of alkyl halides is 2. The van der Waals surface area contributed by atoms with Crippen LogP contribution in [0.2, 0.25) is 0 Å². The largest absolute Gasteiger partial charge is 0.338 e. The Labute approximate surface area is 116 Å². The fourth-order valence-electron chi connectivity index (χ4n) is 1.63. The Morgan fingerprint density at radius 1 is 1.48 bits per heavy atom. The second kappa shape index (κ2) is 5.73. The van der Waals surface area contributed by atoms with Gasteiger partial charge in [-0.1, -0.05) is 11.2 Å². The Bertz CT molecular complexity index is 700. The molecular formula is C12H9F2N3O4. The quantitative estimate of drug-likeness (QED) is 0.620. The third kappa shape index (κ3) is 3.25. The topological polar surface area (TPSA) is 99.1 Å². The predicted molar refractivity (Wildman–Crippen MR) is 65.8 cm³/mol. The van der Waals surface area contributed by atoms with Crippen molar-refractivity contribution >= 4 is 11.5 Å². The van der Waals surface area contributed by atoms with E-state index < -0.39 is 23.6 Å². The lowest BCUT2D eigenvalue weighted by atomic mass is 10.1. The first-order chi connectivity index (χ1) is 9.88. The molecule has 0 N–H and O–H groups in total. The third-order valence-electron chi connectivity index (χ3n) is 2.71. The Kier molecular flexibility index (Phi) is 4.01. The molecule has 1 aromatic carbocycles. The lowest BCUT2D eigenvalue weighted by molar-refractivity contribution is -0.384. The van der Waals surface area contributed by atoms with E-state index in [1.807, 2.05) is 0 Å². The highest BCUT2D eigenvalue weighted by Gasteiger charge is 2.21. The Morgan fingerprint density at radius 2 is 2.19 bits per heavy atom. The van der Waals surface area contributed by atoms with E-state index in [9.17, 15) is 23.7 Å². The van der Waals surface area contributed by atoms with Crippen molar-refractivity contribution in [1.29, 1.82) is 0 Å². The van der Waals surface area contributed by atoms with Crippen LogP contribution in [0.15, 0.2) is 22.7 Å². The summed E-state index contributed by atoms with van der Waals surface area (Å²) < 4.78 is 29.0. The van der Waals surface area contributed by atoms with Gasteiger partial charge in [-0.2, -0.15) is 4.98 Å². The van der Waals surface area contributed by atoms with Crippen LogP contribution in [-0.2, 0) is 11.2 Å². The van der Waals surface area contributed by atoms with Crippen LogP contribution in [0.4, 0.5) is 14.5 Å². The normalized spacial score (nSPS) is 10.9. The van der Waals surface area contributed by atoms with Crippen molar-refractivity contribution in [2.24, 2.45) is 0 Å². The summed E-state index contributed by atoms with van der Waals surface area (Å²) in [7, 11) is 0. The minimum absolute atomic E-state index is 0.00765. The van der Waals surface area contributed by atoms with Crippen LogP contribution in [0.3, 0.4) is 0 Å². The van der Waals surface area contributed by atoms with E-state index in [-0.39, 0.29) is 17.4 Å². The van der Waals surface area contributed by atoms with Gasteiger partial charge in [-0.3, -0.25) is 14.9 Å². The Balaban J connectivity index is 2.31. The molecule has 7 nitrogen and oxygen atoms in total. The SMILES string of the molecule is Cc1ccc([N+](=O)[O-])cc1-c1noc(CC(=O)C(F)F)n1. The van der Waals surface area contributed by atoms with Gasteiger partial charge in [0.2, 0.25) is 17.5 Å². The average Bonchev–Trinajstić information content (AvgIpc) is 2.87. The molecule has 110 valence electrons. The van der Waals surface area contributed by atoms with Gasteiger partial charge in [-0.15, -0.1) is 0 Å². The summed E-state index contributed by atoms with van der Waals surface area (Å²) >= 11 is 0. The predicted octanol–water partition coefficient (Wildman–Crippen LogP) is 2.33. The number of benzene rings is 1. The van der Waals surface area contributed by atoms with Crippen molar-refractivity contribution in [1.82, 2.24) is 10.1 Å². The summed E-state index contributed by atoms with van der Waals surface area (Å²) in [6.07, 6.45) is -3.79. The molecule has 1 aromatic heterocycles. The molecule has 0 saturated carbocycles. The number of ketones is 1. The zero-order valence-electron chi connectivity index (χ0n) is 10.7. The number of nitrogens with zero attached hydrogens (tertiary/aromatic N) is 3. The van der Waals surface area contributed by atoms with Gasteiger partial charge in [0, 0.05) is 17.7 Å². The van der Waals surface area contributed by atoms with Crippen molar-refractivity contribution in [2.75, 3.05) is 0 Å². The highest BCUT2D eigenvalue weighted by molar-refractivity contribution is 5.83. The highest BCUT2D eigenvalue weighted by Crippen LogP contribution is 2.25. The van der Waals surface area contributed by atoms with Crippen LogP contribution in [-0.4, -0.2) is 27.3 Å². The zero-order valence-corrected chi connectivity index (χ0v) is 10.7. The van der Waals surface area contributed by atoms with Crippen LogP contribution in [0.5, 0.6) is 0 Å². The van der Waals surface area contributed by atoms with Crippen LogP contribution in [0.25, 0.3) is 11.4 Å². The van der Waals surface area contributed by atoms with Crippen molar-refractivity contribution in [3.8, 4) is 11.4 Å². The number of non-ortho nitro benzene ring substituents is 1. The van der Waals surface area contributed by atoms with E-state index in [0.29, 0.717) is 11.1 Å². The van der Waals surface area contributed by atoms with Crippen LogP contribution in [0.1, 0.15) is 11.5 Å². The minimum Gasteiger partial charge on any atom is -0.338 e. The van der Waals surface area contributed by atoms with Gasteiger partial charge in [0.25, 0.3) is 12.1 Å². The molecule has 2 rings (SSSR count). The zero-order chi connectivity index (χ0) is 15.6. The van der Waals surface area contributed by atoms with E-state index in [1.165, 1.54) is 18.2 Å². The van der Waals surface area contributed by atoms with Gasteiger partial charge < -0.3 is 4.52 Å². The van der Waals surface area contributed by atoms with E-state index in [4.69, 9.17) is 4.52 Å². The first-order valence-corrected chi connectivity index (χ1v) is 5.77. The molecule has 1 heterocycles. The monoisotopic (exact) mass is 297 g/mol. The first-order valence-electron chi connectivity index (χ1n) is 5.77. The van der Waals surface area contributed by atoms with Crippen LogP contribution in [0, 0.1) is 17.0 Å². The molecular weight excluding hydrogens is 288 g/mol. The Morgan fingerprint density at radius 3 is 2.81 bits per heavy atom. The second-order valence-corrected chi connectivity index (χ2v) is 4.21. The van der Waals surface area contributed by atoms with Crippen LogP contribution < -0.4 is 0 Å². The fourth-order valence-corrected chi connectivity index (χ4v) is 1.63. The number of Topliss-reactive ketones (excluding diaryl/α,β-unsaturated/α-hetero) is 1. The molecule has 0 atom stereocenters. The maximum Gasteiger partial charge on any atom is 0.296 e. The molecule has 0 fully saturated rings. The number of nitro benzene ring substituents is 1. The molecule has 0 aliphatic heterocycles. The molecule has 0 aliphatic carbocycles. The maximum absolute atomic E-state index is 12.1. The van der Waals surface area contributed by atoms with Gasteiger partial charge in [-0.05, 0) is 12.5 Å². The van der Waals surface area contributed by atoms with Gasteiger partial charge in [-0.25, -0.2) is 8.78 Å². The molecule has 0 amide bonds. The lowest BCUT2D eigenvalue weighted by Gasteiger charge is -2.00. The number of nitro groups is 1. The summed E-state index contributed by atoms with van der Waals surface area (Å²) in [6.45, 7) is 1.68. The summed E-state index contributed by atoms with van der Waals surface area (Å²) in [6, 6.07) is 4.08. The number of halogens is 2. The first kappa shape index (κ1) is 14.7. The highest BCUT2D eigenvalue weighted by atomic mass is 19.3. The smallest absolute Gasteiger partial charge is 0.296 e. The fraction of sp³-hybridized carbons (Fsp3) is 0.250. The van der Waals surface area contributed by atoms with Gasteiger partial charge >= 0.3 is 0 Å². The number of hydrogen-bond acceptors (Lipinski definition) is 6. The van der Waals surface area contributed by atoms with Gasteiger partial charge in [0.1, 0.15) is 0 Å². The number of aryl methyl sites for hydroxylation is 1. The molecule has 0 bridgehead atoms. The van der Waals surface area contributed by atoms with Gasteiger partial charge in [0.15, 0.2) is 0 Å². The van der Waals surface area contributed by atoms with Crippen LogP contribution >= 0.6 is 0 Å². The standard InChI is InChI=1S/C12H9F2N3O4/c1-6-2-3-7(17(19)20)4-8(6)12-15-10(21-16-12)5-9(18)11(13)14/h2-4,11H,5H2,1H3. The second-order valence-electron chi connectivity index (χ2n) is 4.21. The molecule has 0 radical (unpaired) electrons. The number of hydrogen-bond donors (Lipinski definition) is 0. The Hall–Kier alpha value is -2.71. The summed E-state index contributed by atoms with van der Waals surface area (Å²) in [5.74, 6) is -1.59. The molecule has 2 aromatic rings. The summed E-state index contributed by atoms with van der Waals surface area (Å²) in [5, 5.41) is 14.3. The van der Waals surface area contributed by atoms with Crippen molar-refractivity contribution in [2.45, 2.75) is 19.8 Å². The third-order valence-corrected chi connectivity index (χ3v) is 2.71. The molecule has 0 saturated heterocycles. The lowest BCUT2D eigenvalue weighted by Crippen LogP contribution is -2.12. The van der Waals surface area contributed by atoms with Crippen molar-refractivity contribution in [3.63, 3.8) is 0 Å². The number of carbonyl (C=O) groups excluding carboxylic acids is 1. The van der Waals surface area contributed by atoms with Crippen molar-refractivity contribution < 1.29 is 23.0 Å². The molecule has 0 spiro atoms. The number of rotatable bonds is 5. The summed E-state index contributed by atoms with van der Waals surface area (Å²) in [4.78, 5) is 24.9. The maximum atomic E-state index is 12.1. The molecule has 0 unspecified atom stereocenters. The summed E-state index contributed by atoms with van der Waals surface area (Å²) in [5.41, 5.74) is 0.822. The van der Waals surface area contributed by atoms with E-state index in [0.717, 1.165) is 0 Å². The van der Waals surface area contributed by atoms with Crippen molar-refractivity contribution in [3.05, 3.63) is 39.8 Å². The van der Waals surface area contributed by atoms with E-state index in [2.05, 4.69) is 10.1 Å². The number of aromatic nitrogens is 2. The van der Waals surface area contributed by atoms with Gasteiger partial charge in [0.05, 0.1) is 11.3 Å². The molecule has 0 aliphatic rings. The molecule has 9 heteroatoms. The molecule has 21 heavy (non-hydrogen) atoms. The van der Waals surface area contributed by atoms with E-state index >= 15 is 0 Å². The minimum atomic E-state index is -3.11. The average molecular weight is 297 g/mol.